The lowest BCUT2D eigenvalue weighted by Gasteiger charge is -2.33. The largest absolute Gasteiger partial charge is 0.339 e. The summed E-state index contributed by atoms with van der Waals surface area (Å²) in [6.45, 7) is 5.82. The SMILES string of the molecule is CCc1ccc(CN(C)C(=O)C2CC3(CCNCC3)CN2)nc1.Cl.Cl. The highest BCUT2D eigenvalue weighted by atomic mass is 35.5. The Hall–Kier alpha value is -0.880. The van der Waals surface area contributed by atoms with E-state index >= 15 is 0 Å². The zero-order valence-electron chi connectivity index (χ0n) is 15.1. The van der Waals surface area contributed by atoms with Crippen LogP contribution in [0.25, 0.3) is 0 Å². The fourth-order valence-electron chi connectivity index (χ4n) is 3.77. The Morgan fingerprint density at radius 2 is 2.04 bits per heavy atom. The summed E-state index contributed by atoms with van der Waals surface area (Å²) in [4.78, 5) is 19.0. The molecule has 25 heavy (non-hydrogen) atoms. The summed E-state index contributed by atoms with van der Waals surface area (Å²) < 4.78 is 0. The first kappa shape index (κ1) is 22.2. The molecule has 3 rings (SSSR count). The molecule has 1 aromatic heterocycles. The molecule has 2 saturated heterocycles. The number of hydrogen-bond donors (Lipinski definition) is 2. The number of halogens is 2. The molecule has 5 nitrogen and oxygen atoms in total. The summed E-state index contributed by atoms with van der Waals surface area (Å²) in [5.41, 5.74) is 2.51. The maximum atomic E-state index is 12.7. The Balaban J connectivity index is 0.00000156. The molecule has 142 valence electrons. The van der Waals surface area contributed by atoms with Gasteiger partial charge in [-0.15, -0.1) is 24.8 Å². The minimum absolute atomic E-state index is 0. The van der Waals surface area contributed by atoms with E-state index in [2.05, 4.69) is 28.6 Å². The first-order chi connectivity index (χ1) is 11.1. The van der Waals surface area contributed by atoms with Crippen LogP contribution in [0.5, 0.6) is 0 Å². The third-order valence-corrected chi connectivity index (χ3v) is 5.39. The molecule has 2 fully saturated rings. The summed E-state index contributed by atoms with van der Waals surface area (Å²) in [5.74, 6) is 0.196. The lowest BCUT2D eigenvalue weighted by molar-refractivity contribution is -0.132. The van der Waals surface area contributed by atoms with Crippen LogP contribution in [0.3, 0.4) is 0 Å². The maximum absolute atomic E-state index is 12.7. The number of aryl methyl sites for hydroxylation is 1. The summed E-state index contributed by atoms with van der Waals surface area (Å²) in [6, 6.07) is 4.09. The number of nitrogens with zero attached hydrogens (tertiary/aromatic N) is 2. The maximum Gasteiger partial charge on any atom is 0.239 e. The van der Waals surface area contributed by atoms with E-state index in [1.165, 1.54) is 18.4 Å². The quantitative estimate of drug-likeness (QED) is 0.829. The number of aromatic nitrogens is 1. The average Bonchev–Trinajstić information content (AvgIpc) is 2.99. The molecular formula is C18H30Cl2N4O. The van der Waals surface area contributed by atoms with Crippen LogP contribution in [0.1, 0.15) is 37.4 Å². The highest BCUT2D eigenvalue weighted by Gasteiger charge is 2.42. The van der Waals surface area contributed by atoms with Crippen molar-refractivity contribution in [2.75, 3.05) is 26.7 Å². The van der Waals surface area contributed by atoms with Gasteiger partial charge >= 0.3 is 0 Å². The molecule has 2 N–H and O–H groups in total. The van der Waals surface area contributed by atoms with Gasteiger partial charge in [0, 0.05) is 19.8 Å². The summed E-state index contributed by atoms with van der Waals surface area (Å²) >= 11 is 0. The van der Waals surface area contributed by atoms with Crippen molar-refractivity contribution in [2.24, 2.45) is 5.41 Å². The third kappa shape index (κ3) is 5.30. The summed E-state index contributed by atoms with van der Waals surface area (Å²) in [5, 5.41) is 6.88. The second-order valence-corrected chi connectivity index (χ2v) is 7.09. The molecule has 2 aliphatic heterocycles. The van der Waals surface area contributed by atoms with Crippen LogP contribution < -0.4 is 10.6 Å². The van der Waals surface area contributed by atoms with Crippen LogP contribution in [0, 0.1) is 5.41 Å². The molecule has 1 amide bonds. The van der Waals surface area contributed by atoms with Crippen molar-refractivity contribution in [3.05, 3.63) is 29.6 Å². The van der Waals surface area contributed by atoms with Gasteiger partial charge in [-0.1, -0.05) is 13.0 Å². The smallest absolute Gasteiger partial charge is 0.239 e. The zero-order chi connectivity index (χ0) is 16.3. The molecule has 1 atom stereocenters. The first-order valence-electron chi connectivity index (χ1n) is 8.75. The van der Waals surface area contributed by atoms with Crippen LogP contribution in [0.4, 0.5) is 0 Å². The minimum Gasteiger partial charge on any atom is -0.339 e. The van der Waals surface area contributed by atoms with E-state index in [0.29, 0.717) is 12.0 Å². The van der Waals surface area contributed by atoms with Crippen molar-refractivity contribution in [1.29, 1.82) is 0 Å². The normalized spacial score (nSPS) is 21.3. The number of piperidine rings is 1. The van der Waals surface area contributed by atoms with Crippen molar-refractivity contribution >= 4 is 30.7 Å². The van der Waals surface area contributed by atoms with Gasteiger partial charge < -0.3 is 15.5 Å². The van der Waals surface area contributed by atoms with Gasteiger partial charge in [0.1, 0.15) is 0 Å². The fraction of sp³-hybridized carbons (Fsp3) is 0.667. The van der Waals surface area contributed by atoms with Crippen molar-refractivity contribution < 1.29 is 4.79 Å². The van der Waals surface area contributed by atoms with Crippen molar-refractivity contribution in [3.8, 4) is 0 Å². The van der Waals surface area contributed by atoms with E-state index in [1.807, 2.05) is 24.2 Å². The fourth-order valence-corrected chi connectivity index (χ4v) is 3.77. The molecule has 0 aromatic carbocycles. The average molecular weight is 389 g/mol. The van der Waals surface area contributed by atoms with Gasteiger partial charge in [0.05, 0.1) is 18.3 Å². The Morgan fingerprint density at radius 3 is 2.64 bits per heavy atom. The van der Waals surface area contributed by atoms with Crippen LogP contribution in [0.15, 0.2) is 18.3 Å². The zero-order valence-corrected chi connectivity index (χ0v) is 16.7. The predicted octanol–water partition coefficient (Wildman–Crippen LogP) is 2.18. The molecule has 1 unspecified atom stereocenters. The molecule has 1 spiro atoms. The Labute approximate surface area is 163 Å². The number of pyridine rings is 1. The lowest BCUT2D eigenvalue weighted by atomic mass is 9.77. The van der Waals surface area contributed by atoms with Crippen molar-refractivity contribution in [2.45, 2.75) is 45.2 Å². The highest BCUT2D eigenvalue weighted by Crippen LogP contribution is 2.37. The van der Waals surface area contributed by atoms with Gasteiger partial charge in [-0.25, -0.2) is 0 Å². The predicted molar refractivity (Wildman–Crippen MR) is 106 cm³/mol. The molecule has 7 heteroatoms. The number of carbonyl (C=O) groups excluding carboxylic acids is 1. The molecule has 0 bridgehead atoms. The van der Waals surface area contributed by atoms with E-state index in [1.54, 1.807) is 0 Å². The lowest BCUT2D eigenvalue weighted by Crippen LogP contribution is -2.41. The summed E-state index contributed by atoms with van der Waals surface area (Å²) in [7, 11) is 1.88. The second kappa shape index (κ2) is 9.72. The molecular weight excluding hydrogens is 359 g/mol. The van der Waals surface area contributed by atoms with Crippen molar-refractivity contribution in [1.82, 2.24) is 20.5 Å². The topological polar surface area (TPSA) is 57.3 Å². The molecule has 2 aliphatic rings. The number of carbonyl (C=O) groups is 1. The number of hydrogen-bond acceptors (Lipinski definition) is 4. The van der Waals surface area contributed by atoms with Crippen LogP contribution in [-0.2, 0) is 17.8 Å². The Kier molecular flexibility index (Phi) is 8.61. The Bertz CT molecular complexity index is 547. The van der Waals surface area contributed by atoms with Crippen LogP contribution in [0.2, 0.25) is 0 Å². The van der Waals surface area contributed by atoms with Gasteiger partial charge in [-0.05, 0) is 55.8 Å². The standard InChI is InChI=1S/C18H28N4O.2ClH/c1-3-14-4-5-15(20-11-14)12-22(2)17(23)16-10-18(13-21-16)6-8-19-9-7-18;;/h4-5,11,16,19,21H,3,6-10,12-13H2,1-2H3;2*1H. The van der Waals surface area contributed by atoms with Gasteiger partial charge in [0.2, 0.25) is 5.91 Å². The molecule has 1 aromatic rings. The second-order valence-electron chi connectivity index (χ2n) is 7.09. The van der Waals surface area contributed by atoms with E-state index in [9.17, 15) is 4.79 Å². The van der Waals surface area contributed by atoms with Gasteiger partial charge in [0.25, 0.3) is 0 Å². The van der Waals surface area contributed by atoms with E-state index < -0.39 is 0 Å². The summed E-state index contributed by atoms with van der Waals surface area (Å²) in [6.07, 6.45) is 6.22. The van der Waals surface area contributed by atoms with E-state index in [-0.39, 0.29) is 36.8 Å². The van der Waals surface area contributed by atoms with Crippen LogP contribution >= 0.6 is 24.8 Å². The van der Waals surface area contributed by atoms with Crippen LogP contribution in [-0.4, -0.2) is 48.5 Å². The number of rotatable bonds is 4. The van der Waals surface area contributed by atoms with Crippen molar-refractivity contribution in [3.63, 3.8) is 0 Å². The number of amides is 1. The highest BCUT2D eigenvalue weighted by molar-refractivity contribution is 5.85. The monoisotopic (exact) mass is 388 g/mol. The van der Waals surface area contributed by atoms with E-state index in [4.69, 9.17) is 0 Å². The van der Waals surface area contributed by atoms with Gasteiger partial charge in [-0.3, -0.25) is 9.78 Å². The van der Waals surface area contributed by atoms with Gasteiger partial charge in [-0.2, -0.15) is 0 Å². The Morgan fingerprint density at radius 1 is 1.32 bits per heavy atom. The molecule has 0 aliphatic carbocycles. The van der Waals surface area contributed by atoms with Gasteiger partial charge in [0.15, 0.2) is 0 Å². The number of nitrogens with one attached hydrogen (secondary N) is 2. The van der Waals surface area contributed by atoms with E-state index in [0.717, 1.165) is 38.2 Å². The first-order valence-corrected chi connectivity index (χ1v) is 8.75. The molecule has 0 saturated carbocycles. The molecule has 3 heterocycles. The number of likely N-dealkylation sites (N-methyl/N-ethyl adjacent to an activating group) is 1. The molecule has 0 radical (unpaired) electrons. The third-order valence-electron chi connectivity index (χ3n) is 5.39. The minimum atomic E-state index is -0.0342.